The fourth-order valence-corrected chi connectivity index (χ4v) is 5.41. The summed E-state index contributed by atoms with van der Waals surface area (Å²) in [6, 6.07) is 22.2. The average molecular weight is 451 g/mol. The predicted molar refractivity (Wildman–Crippen MR) is 128 cm³/mol. The van der Waals surface area contributed by atoms with Crippen LogP contribution in [-0.2, 0) is 10.0 Å². The van der Waals surface area contributed by atoms with Gasteiger partial charge in [-0.2, -0.15) is 4.31 Å². The fraction of sp³-hybridized carbons (Fsp3) is 0.269. The zero-order chi connectivity index (χ0) is 23.3. The Morgan fingerprint density at radius 2 is 1.47 bits per heavy atom. The molecule has 3 aromatic carbocycles. The van der Waals surface area contributed by atoms with Gasteiger partial charge in [0.1, 0.15) is 0 Å². The highest BCUT2D eigenvalue weighted by Crippen LogP contribution is 2.25. The van der Waals surface area contributed by atoms with Gasteiger partial charge in [0.2, 0.25) is 10.0 Å². The van der Waals surface area contributed by atoms with Crippen molar-refractivity contribution in [3.8, 4) is 0 Å². The first-order valence-corrected chi connectivity index (χ1v) is 12.2. The molecule has 0 aliphatic rings. The lowest BCUT2D eigenvalue weighted by Crippen LogP contribution is -2.32. The van der Waals surface area contributed by atoms with E-state index in [1.54, 1.807) is 32.9 Å². The molecule has 0 radical (unpaired) electrons. The van der Waals surface area contributed by atoms with Gasteiger partial charge in [-0.1, -0.05) is 80.1 Å². The summed E-state index contributed by atoms with van der Waals surface area (Å²) >= 11 is 0. The molecule has 5 nitrogen and oxygen atoms in total. The summed E-state index contributed by atoms with van der Waals surface area (Å²) < 4.78 is 27.6. The van der Waals surface area contributed by atoms with Crippen LogP contribution in [0.3, 0.4) is 0 Å². The Kier molecular flexibility index (Phi) is 7.48. The van der Waals surface area contributed by atoms with E-state index in [9.17, 15) is 13.2 Å². The lowest BCUT2D eigenvalue weighted by Gasteiger charge is -2.22. The number of hydrogen-bond donors (Lipinski definition) is 1. The van der Waals surface area contributed by atoms with Crippen LogP contribution in [0.1, 0.15) is 52.5 Å². The molecule has 32 heavy (non-hydrogen) atoms. The molecular weight excluding hydrogens is 420 g/mol. The smallest absolute Gasteiger partial charge is 0.252 e. The minimum absolute atomic E-state index is 0.167. The molecule has 0 bridgehead atoms. The van der Waals surface area contributed by atoms with Gasteiger partial charge in [-0.05, 0) is 42.7 Å². The maximum atomic E-state index is 13.2. The molecule has 3 aromatic rings. The summed E-state index contributed by atoms with van der Waals surface area (Å²) in [6.07, 6.45) is 0. The number of carbonyl (C=O) groups is 1. The lowest BCUT2D eigenvalue weighted by atomic mass is 9.97. The molecule has 0 aliphatic carbocycles. The SMILES string of the molecule is CCN(CC)S(=O)(=O)c1cc(C(=O)NC(c2ccccc2)c2ccc(C)cc2)ccc1C. The number of amides is 1. The van der Waals surface area contributed by atoms with Gasteiger partial charge in [-0.25, -0.2) is 8.42 Å². The van der Waals surface area contributed by atoms with E-state index in [2.05, 4.69) is 5.32 Å². The van der Waals surface area contributed by atoms with E-state index in [0.29, 0.717) is 24.2 Å². The van der Waals surface area contributed by atoms with Crippen molar-refractivity contribution in [3.05, 3.63) is 101 Å². The van der Waals surface area contributed by atoms with E-state index in [1.807, 2.05) is 61.5 Å². The van der Waals surface area contributed by atoms with Gasteiger partial charge >= 0.3 is 0 Å². The van der Waals surface area contributed by atoms with Gasteiger partial charge < -0.3 is 5.32 Å². The summed E-state index contributed by atoms with van der Waals surface area (Å²) in [4.78, 5) is 13.4. The van der Waals surface area contributed by atoms with E-state index in [1.165, 1.54) is 10.4 Å². The van der Waals surface area contributed by atoms with Crippen LogP contribution in [0.2, 0.25) is 0 Å². The van der Waals surface area contributed by atoms with Crippen molar-refractivity contribution in [2.45, 2.75) is 38.6 Å². The van der Waals surface area contributed by atoms with Crippen LogP contribution >= 0.6 is 0 Å². The number of carbonyl (C=O) groups excluding carboxylic acids is 1. The molecule has 0 fully saturated rings. The van der Waals surface area contributed by atoms with E-state index in [0.717, 1.165) is 16.7 Å². The van der Waals surface area contributed by atoms with Crippen molar-refractivity contribution >= 4 is 15.9 Å². The van der Waals surface area contributed by atoms with E-state index in [4.69, 9.17) is 0 Å². The molecule has 0 saturated carbocycles. The van der Waals surface area contributed by atoms with Crippen LogP contribution in [0.15, 0.2) is 77.7 Å². The molecule has 0 saturated heterocycles. The monoisotopic (exact) mass is 450 g/mol. The van der Waals surface area contributed by atoms with E-state index >= 15 is 0 Å². The zero-order valence-corrected chi connectivity index (χ0v) is 19.8. The molecular formula is C26H30N2O3S. The highest BCUT2D eigenvalue weighted by atomic mass is 32.2. The fourth-order valence-electron chi connectivity index (χ4n) is 3.70. The zero-order valence-electron chi connectivity index (χ0n) is 19.0. The van der Waals surface area contributed by atoms with Crippen molar-refractivity contribution in [3.63, 3.8) is 0 Å². The molecule has 6 heteroatoms. The van der Waals surface area contributed by atoms with Gasteiger partial charge in [-0.3, -0.25) is 4.79 Å². The Labute approximate surface area is 191 Å². The minimum Gasteiger partial charge on any atom is -0.341 e. The third-order valence-electron chi connectivity index (χ3n) is 5.59. The molecule has 0 aliphatic heterocycles. The Morgan fingerprint density at radius 1 is 0.875 bits per heavy atom. The highest BCUT2D eigenvalue weighted by Gasteiger charge is 2.25. The van der Waals surface area contributed by atoms with Crippen LogP contribution in [0.25, 0.3) is 0 Å². The molecule has 3 rings (SSSR count). The van der Waals surface area contributed by atoms with Crippen LogP contribution in [0.5, 0.6) is 0 Å². The average Bonchev–Trinajstić information content (AvgIpc) is 2.79. The number of nitrogens with zero attached hydrogens (tertiary/aromatic N) is 1. The first-order chi connectivity index (χ1) is 15.3. The Morgan fingerprint density at radius 3 is 2.06 bits per heavy atom. The highest BCUT2D eigenvalue weighted by molar-refractivity contribution is 7.89. The molecule has 1 atom stereocenters. The van der Waals surface area contributed by atoms with Crippen LogP contribution in [0, 0.1) is 13.8 Å². The van der Waals surface area contributed by atoms with Crippen molar-refractivity contribution in [2.24, 2.45) is 0 Å². The van der Waals surface area contributed by atoms with Crippen LogP contribution < -0.4 is 5.32 Å². The quantitative estimate of drug-likeness (QED) is 0.533. The molecule has 0 aromatic heterocycles. The molecule has 1 amide bonds. The minimum atomic E-state index is -3.67. The lowest BCUT2D eigenvalue weighted by molar-refractivity contribution is 0.0942. The second-order valence-electron chi connectivity index (χ2n) is 7.80. The number of aryl methyl sites for hydroxylation is 2. The third-order valence-corrected chi connectivity index (χ3v) is 7.78. The van der Waals surface area contributed by atoms with Gasteiger partial charge in [0.25, 0.3) is 5.91 Å². The second kappa shape index (κ2) is 10.1. The summed E-state index contributed by atoms with van der Waals surface area (Å²) in [5, 5.41) is 3.09. The number of benzene rings is 3. The number of rotatable bonds is 8. The van der Waals surface area contributed by atoms with Gasteiger partial charge in [-0.15, -0.1) is 0 Å². The Bertz CT molecular complexity index is 1170. The second-order valence-corrected chi connectivity index (χ2v) is 9.70. The van der Waals surface area contributed by atoms with Crippen molar-refractivity contribution in [2.75, 3.05) is 13.1 Å². The third kappa shape index (κ3) is 5.09. The first-order valence-electron chi connectivity index (χ1n) is 10.8. The summed E-state index contributed by atoms with van der Waals surface area (Å²) in [5.41, 5.74) is 3.98. The molecule has 0 spiro atoms. The number of hydrogen-bond acceptors (Lipinski definition) is 3. The molecule has 168 valence electrons. The summed E-state index contributed by atoms with van der Waals surface area (Å²) in [6.45, 7) is 8.12. The van der Waals surface area contributed by atoms with Crippen LogP contribution in [0.4, 0.5) is 0 Å². The molecule has 1 N–H and O–H groups in total. The van der Waals surface area contributed by atoms with Gasteiger partial charge in [0.05, 0.1) is 10.9 Å². The standard InChI is InChI=1S/C26H30N2O3S/c1-5-28(6-2)32(30,31)24-18-23(17-14-20(24)4)26(29)27-25(21-10-8-7-9-11-21)22-15-12-19(3)13-16-22/h7-18,25H,5-6H2,1-4H3,(H,27,29). The first kappa shape index (κ1) is 23.7. The Balaban J connectivity index is 1.98. The maximum absolute atomic E-state index is 13.2. The topological polar surface area (TPSA) is 66.5 Å². The van der Waals surface area contributed by atoms with Gasteiger partial charge in [0, 0.05) is 18.7 Å². The summed E-state index contributed by atoms with van der Waals surface area (Å²) in [7, 11) is -3.67. The largest absolute Gasteiger partial charge is 0.341 e. The van der Waals surface area contributed by atoms with E-state index < -0.39 is 10.0 Å². The van der Waals surface area contributed by atoms with E-state index in [-0.39, 0.29) is 16.8 Å². The van der Waals surface area contributed by atoms with Gasteiger partial charge in [0.15, 0.2) is 0 Å². The Hall–Kier alpha value is -2.96. The van der Waals surface area contributed by atoms with Crippen LogP contribution in [-0.4, -0.2) is 31.7 Å². The maximum Gasteiger partial charge on any atom is 0.252 e. The number of nitrogens with one attached hydrogen (secondary N) is 1. The van der Waals surface area contributed by atoms with Crippen molar-refractivity contribution in [1.82, 2.24) is 9.62 Å². The normalized spacial score (nSPS) is 12.5. The molecule has 1 unspecified atom stereocenters. The van der Waals surface area contributed by atoms with Crippen molar-refractivity contribution in [1.29, 1.82) is 0 Å². The molecule has 0 heterocycles. The number of sulfonamides is 1. The summed E-state index contributed by atoms with van der Waals surface area (Å²) in [5.74, 6) is -0.324. The predicted octanol–water partition coefficient (Wildman–Crippen LogP) is 4.85. The van der Waals surface area contributed by atoms with Crippen molar-refractivity contribution < 1.29 is 13.2 Å².